The molecule has 1 aliphatic rings. The molecule has 0 spiro atoms. The highest BCUT2D eigenvalue weighted by Gasteiger charge is 2.23. The lowest BCUT2D eigenvalue weighted by molar-refractivity contribution is -0.119. The average Bonchev–Trinajstić information content (AvgIpc) is 3.45. The number of hydrogen-bond donors (Lipinski definition) is 1. The smallest absolute Gasteiger partial charge is 0.229 e. The van der Waals surface area contributed by atoms with E-state index in [1.165, 1.54) is 0 Å². The van der Waals surface area contributed by atoms with Gasteiger partial charge in [0.2, 0.25) is 5.91 Å². The fraction of sp³-hybridized carbons (Fsp3) is 0.263. The van der Waals surface area contributed by atoms with Gasteiger partial charge in [-0.1, -0.05) is 29.1 Å². The number of amides is 1. The predicted octanol–water partition coefficient (Wildman–Crippen LogP) is 3.77. The number of thiazole rings is 1. The Kier molecular flexibility index (Phi) is 4.71. The largest absolute Gasteiger partial charge is 0.381 e. The highest BCUT2D eigenvalue weighted by Crippen LogP contribution is 2.32. The minimum Gasteiger partial charge on any atom is -0.381 e. The van der Waals surface area contributed by atoms with E-state index in [0.717, 1.165) is 37.7 Å². The maximum Gasteiger partial charge on any atom is 0.229 e. The molecule has 4 aromatic rings. The normalized spacial score (nSPS) is 16.8. The molecular formula is C19H17N5O2S2. The number of anilines is 1. The van der Waals surface area contributed by atoms with Gasteiger partial charge in [0.05, 0.1) is 34.1 Å². The molecule has 1 N–H and O–H groups in total. The molecular weight excluding hydrogens is 394 g/mol. The first-order chi connectivity index (χ1) is 13.8. The number of aromatic nitrogens is 4. The van der Waals surface area contributed by atoms with Gasteiger partial charge in [-0.3, -0.25) is 4.79 Å². The first kappa shape index (κ1) is 17.6. The Hall–Kier alpha value is -2.49. The van der Waals surface area contributed by atoms with Crippen molar-refractivity contribution in [2.24, 2.45) is 5.92 Å². The third-order valence-electron chi connectivity index (χ3n) is 4.67. The summed E-state index contributed by atoms with van der Waals surface area (Å²) in [6, 6.07) is 13.7. The van der Waals surface area contributed by atoms with Gasteiger partial charge in [-0.15, -0.1) is 16.4 Å². The molecule has 2 aromatic carbocycles. The van der Waals surface area contributed by atoms with Crippen LogP contribution < -0.4 is 5.32 Å². The fourth-order valence-electron chi connectivity index (χ4n) is 3.16. The minimum absolute atomic E-state index is 0.0222. The summed E-state index contributed by atoms with van der Waals surface area (Å²) in [4.78, 5) is 17.0. The molecule has 1 saturated heterocycles. The van der Waals surface area contributed by atoms with Crippen molar-refractivity contribution in [3.05, 3.63) is 42.5 Å². The van der Waals surface area contributed by atoms with Crippen LogP contribution in [0.25, 0.3) is 21.3 Å². The zero-order chi connectivity index (χ0) is 18.9. The SMILES string of the molecule is O=C(Nc1ccc2nc(SCn3nnc4ccccc43)sc2c1)C1CCOC1. The van der Waals surface area contributed by atoms with Crippen LogP contribution in [0.5, 0.6) is 0 Å². The summed E-state index contributed by atoms with van der Waals surface area (Å²) in [6.45, 7) is 1.17. The van der Waals surface area contributed by atoms with Crippen molar-refractivity contribution < 1.29 is 9.53 Å². The van der Waals surface area contributed by atoms with E-state index < -0.39 is 0 Å². The highest BCUT2D eigenvalue weighted by molar-refractivity contribution is 8.00. The van der Waals surface area contributed by atoms with Crippen molar-refractivity contribution in [3.8, 4) is 0 Å². The van der Waals surface area contributed by atoms with E-state index in [-0.39, 0.29) is 11.8 Å². The van der Waals surface area contributed by atoms with Gasteiger partial charge >= 0.3 is 0 Å². The maximum atomic E-state index is 12.3. The first-order valence-electron chi connectivity index (χ1n) is 8.96. The van der Waals surface area contributed by atoms with E-state index in [2.05, 4.69) is 20.6 Å². The van der Waals surface area contributed by atoms with Gasteiger partial charge in [0.15, 0.2) is 4.34 Å². The number of hydrogen-bond acceptors (Lipinski definition) is 7. The summed E-state index contributed by atoms with van der Waals surface area (Å²) in [5.41, 5.74) is 3.63. The Morgan fingerprint density at radius 2 is 2.21 bits per heavy atom. The number of carbonyl (C=O) groups excluding carboxylic acids is 1. The number of para-hydroxylation sites is 1. The van der Waals surface area contributed by atoms with Gasteiger partial charge in [-0.2, -0.15) is 0 Å². The van der Waals surface area contributed by atoms with Gasteiger partial charge in [0.1, 0.15) is 5.52 Å². The molecule has 0 radical (unpaired) electrons. The molecule has 5 rings (SSSR count). The standard InChI is InChI=1S/C19H17N5O2S2/c25-18(12-7-8-26-10-12)20-13-5-6-15-17(9-13)28-19(21-15)27-11-24-16-4-2-1-3-14(16)22-23-24/h1-6,9,12H,7-8,10-11H2,(H,20,25). The first-order valence-corrected chi connectivity index (χ1v) is 10.8. The van der Waals surface area contributed by atoms with Crippen LogP contribution >= 0.6 is 23.1 Å². The number of nitrogens with zero attached hydrogens (tertiary/aromatic N) is 4. The second kappa shape index (κ2) is 7.50. The van der Waals surface area contributed by atoms with E-state index >= 15 is 0 Å². The number of carbonyl (C=O) groups is 1. The van der Waals surface area contributed by atoms with Crippen molar-refractivity contribution >= 4 is 55.9 Å². The summed E-state index contributed by atoms with van der Waals surface area (Å²) in [7, 11) is 0. The van der Waals surface area contributed by atoms with Crippen LogP contribution in [0, 0.1) is 5.92 Å². The Morgan fingerprint density at radius 3 is 3.11 bits per heavy atom. The molecule has 1 fully saturated rings. The molecule has 0 saturated carbocycles. The summed E-state index contributed by atoms with van der Waals surface area (Å²) in [6.07, 6.45) is 0.784. The number of nitrogens with one attached hydrogen (secondary N) is 1. The van der Waals surface area contributed by atoms with E-state index in [4.69, 9.17) is 4.74 Å². The summed E-state index contributed by atoms with van der Waals surface area (Å²) >= 11 is 3.24. The van der Waals surface area contributed by atoms with Crippen LogP contribution in [0.3, 0.4) is 0 Å². The monoisotopic (exact) mass is 411 g/mol. The fourth-order valence-corrected chi connectivity index (χ4v) is 5.14. The van der Waals surface area contributed by atoms with Crippen LogP contribution in [0.4, 0.5) is 5.69 Å². The van der Waals surface area contributed by atoms with Crippen molar-refractivity contribution in [2.45, 2.75) is 16.6 Å². The molecule has 1 atom stereocenters. The van der Waals surface area contributed by atoms with Gasteiger partial charge in [-0.25, -0.2) is 9.67 Å². The highest BCUT2D eigenvalue weighted by atomic mass is 32.2. The van der Waals surface area contributed by atoms with Gasteiger partial charge < -0.3 is 10.1 Å². The molecule has 2 aromatic heterocycles. The lowest BCUT2D eigenvalue weighted by Crippen LogP contribution is -2.22. The average molecular weight is 412 g/mol. The number of fused-ring (bicyclic) bond motifs is 2. The van der Waals surface area contributed by atoms with Crippen molar-refractivity contribution in [1.82, 2.24) is 20.0 Å². The molecule has 1 amide bonds. The molecule has 0 bridgehead atoms. The zero-order valence-corrected chi connectivity index (χ0v) is 16.5. The molecule has 9 heteroatoms. The van der Waals surface area contributed by atoms with Crippen LogP contribution in [-0.4, -0.2) is 39.1 Å². The third kappa shape index (κ3) is 3.48. The predicted molar refractivity (Wildman–Crippen MR) is 111 cm³/mol. The van der Waals surface area contributed by atoms with Gasteiger partial charge in [0.25, 0.3) is 0 Å². The number of benzene rings is 2. The number of rotatable bonds is 5. The van der Waals surface area contributed by atoms with Crippen LogP contribution in [-0.2, 0) is 15.4 Å². The van der Waals surface area contributed by atoms with Gasteiger partial charge in [-0.05, 0) is 36.8 Å². The van der Waals surface area contributed by atoms with Crippen LogP contribution in [0.1, 0.15) is 6.42 Å². The Morgan fingerprint density at radius 1 is 1.29 bits per heavy atom. The second-order valence-corrected chi connectivity index (χ2v) is 8.79. The Balaban J connectivity index is 1.30. The van der Waals surface area contributed by atoms with Gasteiger partial charge in [0, 0.05) is 12.3 Å². The van der Waals surface area contributed by atoms with E-state index in [9.17, 15) is 4.79 Å². The van der Waals surface area contributed by atoms with Crippen LogP contribution in [0.15, 0.2) is 46.8 Å². The molecule has 1 unspecified atom stereocenters. The Labute approximate surface area is 169 Å². The van der Waals surface area contributed by atoms with Crippen molar-refractivity contribution in [3.63, 3.8) is 0 Å². The Bertz CT molecular complexity index is 1150. The quantitative estimate of drug-likeness (QED) is 0.504. The molecule has 28 heavy (non-hydrogen) atoms. The summed E-state index contributed by atoms with van der Waals surface area (Å²) < 4.78 is 9.18. The molecule has 1 aliphatic heterocycles. The summed E-state index contributed by atoms with van der Waals surface area (Å²) in [5, 5.41) is 11.4. The molecule has 3 heterocycles. The third-order valence-corrected chi connectivity index (χ3v) is 6.80. The summed E-state index contributed by atoms with van der Waals surface area (Å²) in [5.74, 6) is 0.612. The minimum atomic E-state index is -0.0548. The zero-order valence-electron chi connectivity index (χ0n) is 14.9. The molecule has 142 valence electrons. The van der Waals surface area contributed by atoms with E-state index in [1.807, 2.05) is 47.1 Å². The maximum absolute atomic E-state index is 12.3. The van der Waals surface area contributed by atoms with Crippen LogP contribution in [0.2, 0.25) is 0 Å². The number of thioether (sulfide) groups is 1. The molecule has 0 aliphatic carbocycles. The second-order valence-electron chi connectivity index (χ2n) is 6.56. The van der Waals surface area contributed by atoms with E-state index in [0.29, 0.717) is 19.1 Å². The lowest BCUT2D eigenvalue weighted by Gasteiger charge is -2.08. The van der Waals surface area contributed by atoms with Crippen molar-refractivity contribution in [1.29, 1.82) is 0 Å². The van der Waals surface area contributed by atoms with E-state index in [1.54, 1.807) is 23.1 Å². The topological polar surface area (TPSA) is 81.9 Å². The lowest BCUT2D eigenvalue weighted by atomic mass is 10.1. The number of ether oxygens (including phenoxy) is 1. The van der Waals surface area contributed by atoms with Crippen molar-refractivity contribution in [2.75, 3.05) is 18.5 Å². The molecule has 7 nitrogen and oxygen atoms in total.